The van der Waals surface area contributed by atoms with Crippen molar-refractivity contribution in [2.75, 3.05) is 6.61 Å². The predicted octanol–water partition coefficient (Wildman–Crippen LogP) is 3.58. The molecule has 0 amide bonds. The van der Waals surface area contributed by atoms with Gasteiger partial charge in [-0.3, -0.25) is 4.79 Å². The first-order valence-corrected chi connectivity index (χ1v) is 6.40. The summed E-state index contributed by atoms with van der Waals surface area (Å²) in [5, 5.41) is 8.67. The minimum Gasteiger partial charge on any atom is -0.485 e. The number of rotatable bonds is 4. The van der Waals surface area contributed by atoms with Crippen LogP contribution in [-0.2, 0) is 0 Å². The van der Waals surface area contributed by atoms with E-state index in [4.69, 9.17) is 10.00 Å². The Balaban J connectivity index is 1.98. The predicted molar refractivity (Wildman–Crippen MR) is 75.1 cm³/mol. The molecule has 19 heavy (non-hydrogen) atoms. The van der Waals surface area contributed by atoms with Gasteiger partial charge in [-0.2, -0.15) is 5.26 Å². The zero-order valence-corrected chi connectivity index (χ0v) is 11.6. The first-order valence-electron chi connectivity index (χ1n) is 5.61. The molecular formula is C15H10BrNO2. The van der Waals surface area contributed by atoms with E-state index in [1.807, 2.05) is 12.1 Å². The molecular weight excluding hydrogens is 306 g/mol. The number of nitrogens with zero attached hydrogens (tertiary/aromatic N) is 1. The standard InChI is InChI=1S/C15H10BrNO2/c16-13-3-1-2-12(8-13)15(18)10-19-14-6-4-11(9-17)5-7-14/h1-8H,10H2. The highest BCUT2D eigenvalue weighted by Gasteiger charge is 2.07. The van der Waals surface area contributed by atoms with Gasteiger partial charge in [-0.25, -0.2) is 0 Å². The Labute approximate surface area is 119 Å². The molecule has 94 valence electrons. The van der Waals surface area contributed by atoms with Crippen molar-refractivity contribution in [2.45, 2.75) is 0 Å². The number of carbonyl (C=O) groups is 1. The molecule has 0 saturated carbocycles. The lowest BCUT2D eigenvalue weighted by atomic mass is 10.1. The first kappa shape index (κ1) is 13.3. The smallest absolute Gasteiger partial charge is 0.200 e. The van der Waals surface area contributed by atoms with Crippen LogP contribution in [0.1, 0.15) is 15.9 Å². The van der Waals surface area contributed by atoms with Gasteiger partial charge in [-0.05, 0) is 36.4 Å². The summed E-state index contributed by atoms with van der Waals surface area (Å²) in [6.07, 6.45) is 0. The molecule has 2 aromatic carbocycles. The average Bonchev–Trinajstić information content (AvgIpc) is 2.45. The van der Waals surface area contributed by atoms with Gasteiger partial charge in [0.2, 0.25) is 0 Å². The van der Waals surface area contributed by atoms with Gasteiger partial charge in [-0.1, -0.05) is 28.1 Å². The molecule has 0 radical (unpaired) electrons. The van der Waals surface area contributed by atoms with Crippen molar-refractivity contribution in [1.82, 2.24) is 0 Å². The van der Waals surface area contributed by atoms with E-state index in [2.05, 4.69) is 15.9 Å². The van der Waals surface area contributed by atoms with Crippen molar-refractivity contribution in [3.8, 4) is 11.8 Å². The Morgan fingerprint density at radius 1 is 1.21 bits per heavy atom. The number of nitriles is 1. The lowest BCUT2D eigenvalue weighted by Gasteiger charge is -2.05. The third kappa shape index (κ3) is 3.67. The zero-order chi connectivity index (χ0) is 13.7. The van der Waals surface area contributed by atoms with E-state index in [1.165, 1.54) is 0 Å². The number of benzene rings is 2. The summed E-state index contributed by atoms with van der Waals surface area (Å²) in [5.41, 5.74) is 1.16. The van der Waals surface area contributed by atoms with E-state index < -0.39 is 0 Å². The summed E-state index contributed by atoms with van der Waals surface area (Å²) in [6, 6.07) is 15.8. The lowest BCUT2D eigenvalue weighted by molar-refractivity contribution is 0.0921. The normalized spacial score (nSPS) is 9.68. The molecule has 0 aliphatic rings. The van der Waals surface area contributed by atoms with Gasteiger partial charge in [0.25, 0.3) is 0 Å². The molecule has 0 spiro atoms. The summed E-state index contributed by atoms with van der Waals surface area (Å²) in [6.45, 7) is -0.0254. The molecule has 0 saturated heterocycles. The summed E-state index contributed by atoms with van der Waals surface area (Å²) in [4.78, 5) is 11.9. The number of hydrogen-bond donors (Lipinski definition) is 0. The molecule has 0 aliphatic carbocycles. The number of halogens is 1. The second-order valence-corrected chi connectivity index (χ2v) is 4.77. The monoisotopic (exact) mass is 315 g/mol. The molecule has 0 fully saturated rings. The highest BCUT2D eigenvalue weighted by atomic mass is 79.9. The average molecular weight is 316 g/mol. The van der Waals surface area contributed by atoms with Gasteiger partial charge < -0.3 is 4.74 Å². The quantitative estimate of drug-likeness (QED) is 0.810. The maximum Gasteiger partial charge on any atom is 0.200 e. The van der Waals surface area contributed by atoms with Crippen LogP contribution in [0.3, 0.4) is 0 Å². The molecule has 0 atom stereocenters. The van der Waals surface area contributed by atoms with E-state index >= 15 is 0 Å². The SMILES string of the molecule is N#Cc1ccc(OCC(=O)c2cccc(Br)c2)cc1. The minimum atomic E-state index is -0.0920. The van der Waals surface area contributed by atoms with E-state index in [0.29, 0.717) is 16.9 Å². The van der Waals surface area contributed by atoms with E-state index in [-0.39, 0.29) is 12.4 Å². The van der Waals surface area contributed by atoms with Gasteiger partial charge in [0.1, 0.15) is 5.75 Å². The third-order valence-corrected chi connectivity index (χ3v) is 2.99. The van der Waals surface area contributed by atoms with Crippen LogP contribution >= 0.6 is 15.9 Å². The van der Waals surface area contributed by atoms with Crippen molar-refractivity contribution < 1.29 is 9.53 Å². The topological polar surface area (TPSA) is 50.1 Å². The van der Waals surface area contributed by atoms with Crippen molar-refractivity contribution in [3.05, 3.63) is 64.1 Å². The second kappa shape index (κ2) is 6.17. The molecule has 0 aliphatic heterocycles. The number of Topliss-reactive ketones (excluding diaryl/α,β-unsaturated/α-hetero) is 1. The number of ether oxygens (including phenoxy) is 1. The number of hydrogen-bond acceptors (Lipinski definition) is 3. The van der Waals surface area contributed by atoms with E-state index in [0.717, 1.165) is 4.47 Å². The zero-order valence-electron chi connectivity index (χ0n) is 9.97. The summed E-state index contributed by atoms with van der Waals surface area (Å²) in [5.74, 6) is 0.480. The van der Waals surface area contributed by atoms with E-state index in [1.54, 1.807) is 42.5 Å². The summed E-state index contributed by atoms with van der Waals surface area (Å²) < 4.78 is 6.25. The molecule has 0 unspecified atom stereocenters. The van der Waals surface area contributed by atoms with Crippen LogP contribution in [0.2, 0.25) is 0 Å². The molecule has 3 nitrogen and oxygen atoms in total. The van der Waals surface area contributed by atoms with Gasteiger partial charge in [0.05, 0.1) is 11.6 Å². The molecule has 2 rings (SSSR count). The Morgan fingerprint density at radius 2 is 1.95 bits per heavy atom. The highest BCUT2D eigenvalue weighted by molar-refractivity contribution is 9.10. The molecule has 0 bridgehead atoms. The molecule has 4 heteroatoms. The van der Waals surface area contributed by atoms with Crippen LogP contribution in [0.5, 0.6) is 5.75 Å². The lowest BCUT2D eigenvalue weighted by Crippen LogP contribution is -2.11. The first-order chi connectivity index (χ1) is 9.19. The van der Waals surface area contributed by atoms with E-state index in [9.17, 15) is 4.79 Å². The van der Waals surface area contributed by atoms with Crippen LogP contribution < -0.4 is 4.74 Å². The van der Waals surface area contributed by atoms with Crippen molar-refractivity contribution in [2.24, 2.45) is 0 Å². The molecule has 0 aromatic heterocycles. The summed E-state index contributed by atoms with van der Waals surface area (Å²) in [7, 11) is 0. The number of ketones is 1. The Kier molecular flexibility index (Phi) is 4.32. The fourth-order valence-electron chi connectivity index (χ4n) is 1.52. The fourth-order valence-corrected chi connectivity index (χ4v) is 1.92. The maximum atomic E-state index is 11.9. The van der Waals surface area contributed by atoms with Gasteiger partial charge >= 0.3 is 0 Å². The van der Waals surface area contributed by atoms with Gasteiger partial charge in [0, 0.05) is 10.0 Å². The fraction of sp³-hybridized carbons (Fsp3) is 0.0667. The Bertz CT molecular complexity index is 629. The van der Waals surface area contributed by atoms with Crippen LogP contribution in [-0.4, -0.2) is 12.4 Å². The van der Waals surface area contributed by atoms with Crippen LogP contribution in [0.25, 0.3) is 0 Å². The summed E-state index contributed by atoms with van der Waals surface area (Å²) >= 11 is 3.32. The van der Waals surface area contributed by atoms with Crippen molar-refractivity contribution >= 4 is 21.7 Å². The Morgan fingerprint density at radius 3 is 2.58 bits per heavy atom. The van der Waals surface area contributed by atoms with Gasteiger partial charge in [-0.15, -0.1) is 0 Å². The van der Waals surface area contributed by atoms with Crippen molar-refractivity contribution in [1.29, 1.82) is 5.26 Å². The van der Waals surface area contributed by atoms with Crippen LogP contribution in [0.15, 0.2) is 53.0 Å². The third-order valence-electron chi connectivity index (χ3n) is 2.50. The second-order valence-electron chi connectivity index (χ2n) is 3.86. The minimum absolute atomic E-state index is 0.0254. The van der Waals surface area contributed by atoms with Crippen molar-refractivity contribution in [3.63, 3.8) is 0 Å². The highest BCUT2D eigenvalue weighted by Crippen LogP contribution is 2.14. The van der Waals surface area contributed by atoms with Gasteiger partial charge in [0.15, 0.2) is 12.4 Å². The largest absolute Gasteiger partial charge is 0.485 e. The molecule has 0 N–H and O–H groups in total. The maximum absolute atomic E-state index is 11.9. The Hall–Kier alpha value is -2.12. The number of carbonyl (C=O) groups excluding carboxylic acids is 1. The molecule has 0 heterocycles. The van der Waals surface area contributed by atoms with Crippen LogP contribution in [0, 0.1) is 11.3 Å². The molecule has 2 aromatic rings. The van der Waals surface area contributed by atoms with Crippen LogP contribution in [0.4, 0.5) is 0 Å².